The highest BCUT2D eigenvalue weighted by molar-refractivity contribution is 5.28. The van der Waals surface area contributed by atoms with Gasteiger partial charge >= 0.3 is 0 Å². The van der Waals surface area contributed by atoms with E-state index < -0.39 is 0 Å². The standard InChI is InChI=1S/C12H15N3O2/c1-2-5-15-8-12(7-14-15)17-11-3-4-13-10(6-11)9-16/h3-4,6-8,16H,2,5,9H2,1H3. The number of hydrogen-bond donors (Lipinski definition) is 1. The first kappa shape index (κ1) is 11.6. The second kappa shape index (κ2) is 5.45. The molecule has 0 aliphatic carbocycles. The maximum atomic E-state index is 8.97. The average Bonchev–Trinajstić information content (AvgIpc) is 2.77. The largest absolute Gasteiger partial charge is 0.454 e. The number of hydrogen-bond acceptors (Lipinski definition) is 4. The number of ether oxygens (including phenoxy) is 1. The zero-order chi connectivity index (χ0) is 12.1. The third-order valence-electron chi connectivity index (χ3n) is 2.25. The molecule has 2 rings (SSSR count). The minimum atomic E-state index is -0.0910. The fourth-order valence-corrected chi connectivity index (χ4v) is 1.49. The van der Waals surface area contributed by atoms with Crippen LogP contribution in [-0.4, -0.2) is 19.9 Å². The maximum Gasteiger partial charge on any atom is 0.165 e. The molecule has 5 heteroatoms. The van der Waals surface area contributed by atoms with Crippen LogP contribution < -0.4 is 4.74 Å². The van der Waals surface area contributed by atoms with E-state index in [1.54, 1.807) is 24.5 Å². The lowest BCUT2D eigenvalue weighted by Gasteiger charge is -2.03. The van der Waals surface area contributed by atoms with E-state index in [4.69, 9.17) is 9.84 Å². The zero-order valence-electron chi connectivity index (χ0n) is 9.71. The molecule has 2 heterocycles. The molecule has 0 aliphatic rings. The molecule has 0 spiro atoms. The Bertz CT molecular complexity index is 482. The highest BCUT2D eigenvalue weighted by atomic mass is 16.5. The molecule has 5 nitrogen and oxygen atoms in total. The predicted molar refractivity (Wildman–Crippen MR) is 62.8 cm³/mol. The molecule has 0 saturated heterocycles. The predicted octanol–water partition coefficient (Wildman–Crippen LogP) is 1.97. The molecule has 0 amide bonds. The number of aliphatic hydroxyl groups is 1. The molecular weight excluding hydrogens is 218 g/mol. The van der Waals surface area contributed by atoms with Crippen molar-refractivity contribution in [2.45, 2.75) is 26.5 Å². The van der Waals surface area contributed by atoms with Crippen LogP contribution in [0.2, 0.25) is 0 Å². The van der Waals surface area contributed by atoms with Gasteiger partial charge in [0, 0.05) is 18.8 Å². The highest BCUT2D eigenvalue weighted by Gasteiger charge is 2.02. The molecule has 0 fully saturated rings. The SMILES string of the molecule is CCCn1cc(Oc2ccnc(CO)c2)cn1. The van der Waals surface area contributed by atoms with E-state index in [9.17, 15) is 0 Å². The van der Waals surface area contributed by atoms with Crippen LogP contribution in [0.15, 0.2) is 30.7 Å². The average molecular weight is 233 g/mol. The summed E-state index contributed by atoms with van der Waals surface area (Å²) in [5.74, 6) is 1.34. The molecule has 17 heavy (non-hydrogen) atoms. The Morgan fingerprint density at radius 3 is 3.06 bits per heavy atom. The molecule has 2 aromatic rings. The number of aryl methyl sites for hydroxylation is 1. The number of pyridine rings is 1. The highest BCUT2D eigenvalue weighted by Crippen LogP contribution is 2.20. The second-order valence-electron chi connectivity index (χ2n) is 3.68. The Labute approximate surface area is 99.7 Å². The summed E-state index contributed by atoms with van der Waals surface area (Å²) in [6, 6.07) is 3.45. The zero-order valence-corrected chi connectivity index (χ0v) is 9.71. The van der Waals surface area contributed by atoms with Crippen LogP contribution in [0.25, 0.3) is 0 Å². The summed E-state index contributed by atoms with van der Waals surface area (Å²) in [7, 11) is 0. The lowest BCUT2D eigenvalue weighted by molar-refractivity contribution is 0.276. The van der Waals surface area contributed by atoms with Crippen LogP contribution in [0.4, 0.5) is 0 Å². The van der Waals surface area contributed by atoms with Crippen LogP contribution in [0.3, 0.4) is 0 Å². The number of rotatable bonds is 5. The van der Waals surface area contributed by atoms with Gasteiger partial charge in [-0.3, -0.25) is 9.67 Å². The minimum Gasteiger partial charge on any atom is -0.454 e. The smallest absolute Gasteiger partial charge is 0.165 e. The van der Waals surface area contributed by atoms with Gasteiger partial charge in [0.05, 0.1) is 24.7 Å². The van der Waals surface area contributed by atoms with E-state index in [2.05, 4.69) is 17.0 Å². The van der Waals surface area contributed by atoms with Gasteiger partial charge in [-0.25, -0.2) is 0 Å². The molecule has 0 bridgehead atoms. The molecule has 0 radical (unpaired) electrons. The summed E-state index contributed by atoms with van der Waals surface area (Å²) in [5.41, 5.74) is 0.587. The first-order valence-corrected chi connectivity index (χ1v) is 5.58. The second-order valence-corrected chi connectivity index (χ2v) is 3.68. The van der Waals surface area contributed by atoms with Crippen LogP contribution >= 0.6 is 0 Å². The molecule has 90 valence electrons. The van der Waals surface area contributed by atoms with Crippen molar-refractivity contribution >= 4 is 0 Å². The normalized spacial score (nSPS) is 10.5. The summed E-state index contributed by atoms with van der Waals surface area (Å²) in [6.45, 7) is 2.88. The van der Waals surface area contributed by atoms with Crippen LogP contribution in [0.1, 0.15) is 19.0 Å². The van der Waals surface area contributed by atoms with E-state index >= 15 is 0 Å². The van der Waals surface area contributed by atoms with Crippen molar-refractivity contribution in [2.75, 3.05) is 0 Å². The van der Waals surface area contributed by atoms with E-state index in [1.165, 1.54) is 0 Å². The Kier molecular flexibility index (Phi) is 3.72. The molecule has 2 aromatic heterocycles. The maximum absolute atomic E-state index is 8.97. The Hall–Kier alpha value is -1.88. The molecule has 0 aliphatic heterocycles. The molecule has 0 aromatic carbocycles. The number of nitrogens with zero attached hydrogens (tertiary/aromatic N) is 3. The Morgan fingerprint density at radius 1 is 1.41 bits per heavy atom. The van der Waals surface area contributed by atoms with Gasteiger partial charge < -0.3 is 9.84 Å². The van der Waals surface area contributed by atoms with Crippen LogP contribution in [-0.2, 0) is 13.2 Å². The van der Waals surface area contributed by atoms with Crippen molar-refractivity contribution < 1.29 is 9.84 Å². The summed E-state index contributed by atoms with van der Waals surface area (Å²) in [6.07, 6.45) is 6.17. The molecule has 0 unspecified atom stereocenters. The molecule has 0 saturated carbocycles. The molecule has 0 atom stereocenters. The van der Waals surface area contributed by atoms with Crippen molar-refractivity contribution in [3.63, 3.8) is 0 Å². The summed E-state index contributed by atoms with van der Waals surface area (Å²) in [4.78, 5) is 3.98. The summed E-state index contributed by atoms with van der Waals surface area (Å²) < 4.78 is 7.45. The number of aromatic nitrogens is 3. The first-order valence-electron chi connectivity index (χ1n) is 5.58. The lowest BCUT2D eigenvalue weighted by atomic mass is 10.3. The first-order chi connectivity index (χ1) is 8.31. The Morgan fingerprint density at radius 2 is 2.29 bits per heavy atom. The van der Waals surface area contributed by atoms with Gasteiger partial charge in [-0.2, -0.15) is 5.10 Å². The van der Waals surface area contributed by atoms with Gasteiger partial charge in [0.1, 0.15) is 5.75 Å². The van der Waals surface area contributed by atoms with E-state index in [1.807, 2.05) is 10.9 Å². The van der Waals surface area contributed by atoms with Crippen molar-refractivity contribution in [1.82, 2.24) is 14.8 Å². The fourth-order valence-electron chi connectivity index (χ4n) is 1.49. The van der Waals surface area contributed by atoms with Crippen molar-refractivity contribution in [2.24, 2.45) is 0 Å². The lowest BCUT2D eigenvalue weighted by Crippen LogP contribution is -1.95. The summed E-state index contributed by atoms with van der Waals surface area (Å²) in [5, 5.41) is 13.1. The quantitative estimate of drug-likeness (QED) is 0.857. The van der Waals surface area contributed by atoms with Crippen molar-refractivity contribution in [1.29, 1.82) is 0 Å². The van der Waals surface area contributed by atoms with E-state index in [0.717, 1.165) is 13.0 Å². The van der Waals surface area contributed by atoms with Crippen LogP contribution in [0, 0.1) is 0 Å². The minimum absolute atomic E-state index is 0.0910. The summed E-state index contributed by atoms with van der Waals surface area (Å²) >= 11 is 0. The molecule has 1 N–H and O–H groups in total. The fraction of sp³-hybridized carbons (Fsp3) is 0.333. The molecular formula is C12H15N3O2. The third kappa shape index (κ3) is 3.04. The van der Waals surface area contributed by atoms with E-state index in [0.29, 0.717) is 17.2 Å². The van der Waals surface area contributed by atoms with Gasteiger partial charge in [-0.1, -0.05) is 6.92 Å². The van der Waals surface area contributed by atoms with Crippen molar-refractivity contribution in [3.05, 3.63) is 36.4 Å². The topological polar surface area (TPSA) is 60.2 Å². The van der Waals surface area contributed by atoms with Gasteiger partial charge in [-0.15, -0.1) is 0 Å². The monoisotopic (exact) mass is 233 g/mol. The van der Waals surface area contributed by atoms with Gasteiger partial charge in [-0.05, 0) is 12.5 Å². The van der Waals surface area contributed by atoms with Crippen molar-refractivity contribution in [3.8, 4) is 11.5 Å². The van der Waals surface area contributed by atoms with Gasteiger partial charge in [0.25, 0.3) is 0 Å². The van der Waals surface area contributed by atoms with E-state index in [-0.39, 0.29) is 6.61 Å². The Balaban J connectivity index is 2.08. The van der Waals surface area contributed by atoms with Gasteiger partial charge in [0.2, 0.25) is 0 Å². The van der Waals surface area contributed by atoms with Gasteiger partial charge in [0.15, 0.2) is 5.75 Å². The van der Waals surface area contributed by atoms with Crippen LogP contribution in [0.5, 0.6) is 11.5 Å². The number of aliphatic hydroxyl groups excluding tert-OH is 1. The third-order valence-corrected chi connectivity index (χ3v) is 2.25.